The van der Waals surface area contributed by atoms with Crippen molar-refractivity contribution in [1.82, 2.24) is 9.47 Å². The van der Waals surface area contributed by atoms with Crippen LogP contribution in [0.3, 0.4) is 0 Å². The summed E-state index contributed by atoms with van der Waals surface area (Å²) in [5.41, 5.74) is 2.02. The molecule has 3 heterocycles. The maximum absolute atomic E-state index is 13.4. The number of pyridine rings is 1. The first kappa shape index (κ1) is 28.8. The minimum absolute atomic E-state index is 0.0989. The molecule has 1 aromatic heterocycles. The molecular formula is C29H34FN5O2S2. The summed E-state index contributed by atoms with van der Waals surface area (Å²) in [5, 5.41) is 9.88. The lowest BCUT2D eigenvalue weighted by Gasteiger charge is -2.39. The molecule has 39 heavy (non-hydrogen) atoms. The van der Waals surface area contributed by atoms with Crippen LogP contribution < -0.4 is 15.4 Å². The number of unbranched alkanes of at least 4 members (excludes halogenated alkanes) is 2. The third kappa shape index (κ3) is 6.04. The zero-order valence-electron chi connectivity index (χ0n) is 22.7. The number of hydrogen-bond donors (Lipinski definition) is 0. The Labute approximate surface area is 238 Å². The van der Waals surface area contributed by atoms with Crippen LogP contribution in [-0.2, 0) is 11.3 Å². The largest absolute Gasteiger partial charge is 0.368 e. The minimum Gasteiger partial charge on any atom is -0.368 e. The first-order valence-electron chi connectivity index (χ1n) is 13.5. The van der Waals surface area contributed by atoms with Crippen LogP contribution in [0.25, 0.3) is 6.08 Å². The molecule has 10 heteroatoms. The number of amides is 1. The molecule has 7 nitrogen and oxygen atoms in total. The molecule has 0 saturated carbocycles. The Morgan fingerprint density at radius 3 is 2.31 bits per heavy atom. The summed E-state index contributed by atoms with van der Waals surface area (Å²) in [5.74, 6) is 0.335. The molecular weight excluding hydrogens is 533 g/mol. The van der Waals surface area contributed by atoms with E-state index in [2.05, 4.69) is 22.8 Å². The van der Waals surface area contributed by atoms with Crippen LogP contribution in [0.2, 0.25) is 0 Å². The lowest BCUT2D eigenvalue weighted by molar-refractivity contribution is -0.122. The summed E-state index contributed by atoms with van der Waals surface area (Å²) < 4.78 is 15.7. The molecule has 206 valence electrons. The van der Waals surface area contributed by atoms with Crippen molar-refractivity contribution in [1.29, 1.82) is 5.26 Å². The molecule has 4 rings (SSSR count). The molecule has 2 fully saturated rings. The van der Waals surface area contributed by atoms with Crippen LogP contribution in [0.1, 0.15) is 56.2 Å². The first-order valence-corrected chi connectivity index (χ1v) is 14.7. The van der Waals surface area contributed by atoms with E-state index in [0.717, 1.165) is 37.2 Å². The van der Waals surface area contributed by atoms with E-state index in [-0.39, 0.29) is 22.8 Å². The van der Waals surface area contributed by atoms with Crippen LogP contribution in [0.5, 0.6) is 0 Å². The molecule has 1 aromatic carbocycles. The number of anilines is 2. The predicted octanol–water partition coefficient (Wildman–Crippen LogP) is 5.30. The zero-order valence-corrected chi connectivity index (χ0v) is 24.3. The number of piperazine rings is 1. The fraction of sp³-hybridized carbons (Fsp3) is 0.448. The summed E-state index contributed by atoms with van der Waals surface area (Å²) in [4.78, 5) is 33.3. The number of thioether (sulfide) groups is 1. The molecule has 1 amide bonds. The second kappa shape index (κ2) is 12.8. The standard InChI is InChI=1S/C29H34FN5O2S2/c1-4-6-7-13-35-28(37)25(39-29(35)38)18-23-20(3)24(19-31)27(36)34(12-5-2)26(23)33-16-14-32(15-17-33)22-10-8-21(30)9-11-22/h8-11,18H,4-7,12-17H2,1-3H3. The SMILES string of the molecule is CCCCCN1C(=O)C(=Cc2c(C)c(C#N)c(=O)n(CCC)c2N2CCN(c3ccc(F)cc3)CC2)SC1=S. The third-order valence-electron chi connectivity index (χ3n) is 7.20. The van der Waals surface area contributed by atoms with Crippen LogP contribution in [0, 0.1) is 24.1 Å². The van der Waals surface area contributed by atoms with Gasteiger partial charge in [0, 0.05) is 50.5 Å². The lowest BCUT2D eigenvalue weighted by Crippen LogP contribution is -2.48. The van der Waals surface area contributed by atoms with Crippen molar-refractivity contribution in [3.8, 4) is 6.07 Å². The Bertz CT molecular complexity index is 1370. The molecule has 0 atom stereocenters. The quantitative estimate of drug-likeness (QED) is 0.231. The Kier molecular flexibility index (Phi) is 9.46. The number of rotatable bonds is 9. The van der Waals surface area contributed by atoms with Gasteiger partial charge in [-0.3, -0.25) is 19.1 Å². The van der Waals surface area contributed by atoms with Crippen LogP contribution in [-0.4, -0.2) is 52.4 Å². The van der Waals surface area contributed by atoms with Gasteiger partial charge < -0.3 is 9.80 Å². The molecule has 0 unspecified atom stereocenters. The van der Waals surface area contributed by atoms with Crippen molar-refractivity contribution in [3.63, 3.8) is 0 Å². The van der Waals surface area contributed by atoms with E-state index >= 15 is 0 Å². The van der Waals surface area contributed by atoms with E-state index in [1.54, 1.807) is 28.5 Å². The molecule has 0 bridgehead atoms. The summed E-state index contributed by atoms with van der Waals surface area (Å²) >= 11 is 6.81. The van der Waals surface area contributed by atoms with E-state index in [4.69, 9.17) is 12.2 Å². The maximum Gasteiger partial charge on any atom is 0.270 e. The summed E-state index contributed by atoms with van der Waals surface area (Å²) in [6, 6.07) is 8.58. The monoisotopic (exact) mass is 567 g/mol. The number of nitriles is 1. The molecule has 0 spiro atoms. The number of halogens is 1. The Hall–Kier alpha value is -3.16. The number of thiocarbonyl (C=S) groups is 1. The van der Waals surface area contributed by atoms with Crippen LogP contribution in [0.15, 0.2) is 34.0 Å². The summed E-state index contributed by atoms with van der Waals surface area (Å²) in [7, 11) is 0. The number of aromatic nitrogens is 1. The molecule has 0 aliphatic carbocycles. The zero-order chi connectivity index (χ0) is 28.1. The summed E-state index contributed by atoms with van der Waals surface area (Å²) in [6.07, 6.45) is 5.50. The van der Waals surface area contributed by atoms with E-state index in [1.165, 1.54) is 23.9 Å². The highest BCUT2D eigenvalue weighted by molar-refractivity contribution is 8.26. The molecule has 0 N–H and O–H groups in total. The Balaban J connectivity index is 1.74. The van der Waals surface area contributed by atoms with Crippen molar-refractivity contribution >= 4 is 51.8 Å². The Morgan fingerprint density at radius 1 is 1.03 bits per heavy atom. The normalized spacial score (nSPS) is 16.9. The third-order valence-corrected chi connectivity index (χ3v) is 8.58. The van der Waals surface area contributed by atoms with E-state index < -0.39 is 0 Å². The first-order chi connectivity index (χ1) is 18.8. The van der Waals surface area contributed by atoms with Gasteiger partial charge in [-0.05, 0) is 55.7 Å². The highest BCUT2D eigenvalue weighted by Crippen LogP contribution is 2.36. The highest BCUT2D eigenvalue weighted by atomic mass is 32.2. The fourth-order valence-electron chi connectivity index (χ4n) is 5.09. The van der Waals surface area contributed by atoms with Gasteiger partial charge in [0.15, 0.2) is 0 Å². The average Bonchev–Trinajstić information content (AvgIpc) is 3.20. The number of carbonyl (C=O) groups is 1. The van der Waals surface area contributed by atoms with E-state index in [9.17, 15) is 19.2 Å². The molecule has 2 aromatic rings. The molecule has 2 aliphatic rings. The van der Waals surface area contributed by atoms with Gasteiger partial charge >= 0.3 is 0 Å². The van der Waals surface area contributed by atoms with Crippen LogP contribution in [0.4, 0.5) is 15.9 Å². The number of benzene rings is 1. The van der Waals surface area contributed by atoms with Gasteiger partial charge in [0.05, 0.1) is 4.91 Å². The second-order valence-corrected chi connectivity index (χ2v) is 11.5. The van der Waals surface area contributed by atoms with Crippen molar-refractivity contribution in [2.75, 3.05) is 42.5 Å². The predicted molar refractivity (Wildman–Crippen MR) is 161 cm³/mol. The number of nitrogens with zero attached hydrogens (tertiary/aromatic N) is 5. The van der Waals surface area contributed by atoms with Gasteiger partial charge in [-0.2, -0.15) is 5.26 Å². The van der Waals surface area contributed by atoms with Gasteiger partial charge in [-0.1, -0.05) is 50.7 Å². The van der Waals surface area contributed by atoms with Crippen molar-refractivity contribution in [3.05, 3.63) is 62.0 Å². The topological polar surface area (TPSA) is 72.6 Å². The van der Waals surface area contributed by atoms with Gasteiger partial charge in [0.2, 0.25) is 0 Å². The molecule has 2 saturated heterocycles. The van der Waals surface area contributed by atoms with Crippen molar-refractivity contribution in [2.24, 2.45) is 0 Å². The average molecular weight is 568 g/mol. The minimum atomic E-state index is -0.308. The maximum atomic E-state index is 13.4. The lowest BCUT2D eigenvalue weighted by atomic mass is 10.0. The van der Waals surface area contributed by atoms with Crippen molar-refractivity contribution in [2.45, 2.75) is 53.0 Å². The summed E-state index contributed by atoms with van der Waals surface area (Å²) in [6.45, 7) is 9.57. The van der Waals surface area contributed by atoms with Gasteiger partial charge in [0.1, 0.15) is 27.6 Å². The van der Waals surface area contributed by atoms with Crippen LogP contribution >= 0.6 is 24.0 Å². The van der Waals surface area contributed by atoms with E-state index in [1.807, 2.05) is 13.0 Å². The molecule has 2 aliphatic heterocycles. The van der Waals surface area contributed by atoms with E-state index in [0.29, 0.717) is 59.6 Å². The number of carbonyl (C=O) groups excluding carboxylic acids is 1. The smallest absolute Gasteiger partial charge is 0.270 e. The highest BCUT2D eigenvalue weighted by Gasteiger charge is 2.33. The Morgan fingerprint density at radius 2 is 1.69 bits per heavy atom. The molecule has 0 radical (unpaired) electrons. The number of hydrogen-bond acceptors (Lipinski definition) is 7. The van der Waals surface area contributed by atoms with Gasteiger partial charge in [-0.25, -0.2) is 4.39 Å². The van der Waals surface area contributed by atoms with Gasteiger partial charge in [0.25, 0.3) is 11.5 Å². The van der Waals surface area contributed by atoms with Crippen molar-refractivity contribution < 1.29 is 9.18 Å². The fourth-order valence-corrected chi connectivity index (χ4v) is 6.38. The van der Waals surface area contributed by atoms with Gasteiger partial charge in [-0.15, -0.1) is 0 Å². The second-order valence-electron chi connectivity index (χ2n) is 9.80.